The molecule has 1 saturated heterocycles. The van der Waals surface area contributed by atoms with E-state index in [1.807, 2.05) is 17.5 Å². The number of ether oxygens (including phenoxy) is 1. The van der Waals surface area contributed by atoms with E-state index in [9.17, 15) is 14.0 Å². The van der Waals surface area contributed by atoms with Gasteiger partial charge in [0.15, 0.2) is 11.6 Å². The molecule has 2 atom stereocenters. The number of hydrogen-bond donors (Lipinski definition) is 1. The second kappa shape index (κ2) is 13.8. The Bertz CT molecular complexity index is 3300. The second-order valence-corrected chi connectivity index (χ2v) is 17.9. The number of halogens is 2. The highest BCUT2D eigenvalue weighted by atomic mass is 19.1. The third-order valence-corrected chi connectivity index (χ3v) is 13.5. The number of pyridine rings is 1. The molecule has 1 N–H and O–H groups in total. The van der Waals surface area contributed by atoms with Gasteiger partial charge in [0.05, 0.1) is 62.3 Å². The van der Waals surface area contributed by atoms with Crippen LogP contribution in [-0.2, 0) is 23.6 Å². The van der Waals surface area contributed by atoms with E-state index in [1.165, 1.54) is 33.7 Å². The molecule has 2 fully saturated rings. The summed E-state index contributed by atoms with van der Waals surface area (Å²) in [6.07, 6.45) is 11.8. The first-order valence-corrected chi connectivity index (χ1v) is 21.2. The van der Waals surface area contributed by atoms with Gasteiger partial charge in [0.2, 0.25) is 0 Å². The van der Waals surface area contributed by atoms with Crippen molar-refractivity contribution in [1.29, 1.82) is 0 Å². The first-order valence-electron chi connectivity index (χ1n) is 21.2. The van der Waals surface area contributed by atoms with Crippen molar-refractivity contribution in [2.75, 3.05) is 13.2 Å². The summed E-state index contributed by atoms with van der Waals surface area (Å²) in [7, 11) is 1.72. The number of aromatic amines is 1. The van der Waals surface area contributed by atoms with Crippen LogP contribution in [0.15, 0.2) is 87.6 Å². The molecule has 11 rings (SSSR count). The van der Waals surface area contributed by atoms with E-state index >= 15 is 9.18 Å². The molecule has 2 aromatic carbocycles. The van der Waals surface area contributed by atoms with Crippen molar-refractivity contribution < 1.29 is 22.8 Å². The highest BCUT2D eigenvalue weighted by Crippen LogP contribution is 2.55. The van der Waals surface area contributed by atoms with Gasteiger partial charge in [-0.05, 0) is 107 Å². The van der Waals surface area contributed by atoms with Crippen LogP contribution in [0.4, 0.5) is 8.78 Å². The van der Waals surface area contributed by atoms with Crippen LogP contribution in [0.1, 0.15) is 103 Å². The molecule has 3 aliphatic rings. The van der Waals surface area contributed by atoms with Crippen molar-refractivity contribution in [2.45, 2.75) is 82.8 Å². The first kappa shape index (κ1) is 39.0. The zero-order valence-electron chi connectivity index (χ0n) is 35.4. The lowest BCUT2D eigenvalue weighted by atomic mass is 9.84. The van der Waals surface area contributed by atoms with Crippen LogP contribution in [0.25, 0.3) is 33.6 Å². The highest BCUT2D eigenvalue weighted by Gasteiger charge is 2.53. The van der Waals surface area contributed by atoms with Crippen LogP contribution in [-0.4, -0.2) is 72.8 Å². The third-order valence-electron chi connectivity index (χ3n) is 13.5. The number of hydrogen-bond acceptors (Lipinski definition) is 8. The van der Waals surface area contributed by atoms with Crippen LogP contribution in [0.3, 0.4) is 0 Å². The Balaban J connectivity index is 1.04. The second-order valence-electron chi connectivity index (χ2n) is 17.9. The maximum atomic E-state index is 16.1. The number of nitrogens with one attached hydrogen (secondary N) is 1. The minimum Gasteiger partial charge on any atom is -0.376 e. The summed E-state index contributed by atoms with van der Waals surface area (Å²) < 4.78 is 49.6. The molecule has 8 aromatic rings. The molecule has 15 nitrogen and oxygen atoms in total. The lowest BCUT2D eigenvalue weighted by molar-refractivity contribution is -0.0593. The number of amides is 1. The fourth-order valence-corrected chi connectivity index (χ4v) is 10.1. The Hall–Kier alpha value is -6.88. The Kier molecular flexibility index (Phi) is 8.55. The Morgan fingerprint density at radius 1 is 1.00 bits per heavy atom. The standard InChI is InChI=1S/C46H44F2N10O5/c1-25-20-29(7-8-32(25)47)58-40(57-18-17-56(44(57)61)36-11-10-34-30(39(36)48)22-49-53(34)5)37-26(2)55(16-12-33(37)51-58)41(59)31-24-54-23-28(27-13-19-62-45(3,4)21-27)6-9-35(54)38(31)46(14-15-46)42-50-43(60)63-52-42/h6-11,17-18,20,22-24,26-27H,12-16,19,21H2,1-5H3,(H,50,52,60)/t26-,27+/m0/s1. The van der Waals surface area contributed by atoms with Gasteiger partial charge in [0.1, 0.15) is 11.6 Å². The van der Waals surface area contributed by atoms with Gasteiger partial charge >= 0.3 is 11.4 Å². The molecule has 8 heterocycles. The summed E-state index contributed by atoms with van der Waals surface area (Å²) in [6.45, 7) is 8.73. The van der Waals surface area contributed by atoms with Gasteiger partial charge in [-0.3, -0.25) is 28.1 Å². The lowest BCUT2D eigenvalue weighted by Gasteiger charge is -2.35. The molecule has 0 unspecified atom stereocenters. The van der Waals surface area contributed by atoms with Crippen LogP contribution >= 0.6 is 0 Å². The van der Waals surface area contributed by atoms with Gasteiger partial charge in [-0.2, -0.15) is 10.2 Å². The van der Waals surface area contributed by atoms with Gasteiger partial charge in [-0.15, -0.1) is 0 Å². The minimum absolute atomic E-state index is 0.0427. The maximum Gasteiger partial charge on any atom is 0.438 e. The number of fused-ring (bicyclic) bond motifs is 3. The van der Waals surface area contributed by atoms with Gasteiger partial charge in [0, 0.05) is 62.5 Å². The number of carbonyl (C=O) groups is 1. The molecule has 0 spiro atoms. The average molecular weight is 855 g/mol. The summed E-state index contributed by atoms with van der Waals surface area (Å²) in [4.78, 5) is 46.8. The SMILES string of the molecule is Cc1cc(-n2nc3c(c2-n2ccn(-c4ccc5c(cnn5C)c4F)c2=O)[C@H](C)N(C(=O)c2cn4cc([C@@H]5CCOC(C)(C)C5)ccc4c2C2(c4noc(=O)[nH]4)CC2)CC3)ccc1F. The highest BCUT2D eigenvalue weighted by molar-refractivity contribution is 5.99. The van der Waals surface area contributed by atoms with Crippen molar-refractivity contribution in [3.63, 3.8) is 0 Å². The molecule has 63 heavy (non-hydrogen) atoms. The average Bonchev–Trinajstić information content (AvgIpc) is 3.72. The normalized spacial score (nSPS) is 19.3. The third kappa shape index (κ3) is 5.99. The monoisotopic (exact) mass is 854 g/mol. The van der Waals surface area contributed by atoms with Crippen LogP contribution < -0.4 is 11.4 Å². The molecule has 0 radical (unpaired) electrons. The van der Waals surface area contributed by atoms with Gasteiger partial charge in [-0.25, -0.2) is 23.1 Å². The van der Waals surface area contributed by atoms with Crippen molar-refractivity contribution in [3.8, 4) is 17.2 Å². The number of H-pyrrole nitrogens is 1. The topological polar surface area (TPSA) is 155 Å². The van der Waals surface area contributed by atoms with Crippen LogP contribution in [0, 0.1) is 18.6 Å². The van der Waals surface area contributed by atoms with E-state index < -0.39 is 34.5 Å². The van der Waals surface area contributed by atoms with E-state index in [0.717, 1.165) is 29.5 Å². The number of aryl methyl sites for hydroxylation is 2. The molecule has 322 valence electrons. The van der Waals surface area contributed by atoms with Crippen molar-refractivity contribution in [1.82, 2.24) is 48.1 Å². The van der Waals surface area contributed by atoms with Crippen molar-refractivity contribution in [3.05, 3.63) is 145 Å². The molecule has 6 aromatic heterocycles. The lowest BCUT2D eigenvalue weighted by Crippen LogP contribution is -2.40. The summed E-state index contributed by atoms with van der Waals surface area (Å²) in [5, 5.41) is 13.6. The van der Waals surface area contributed by atoms with Gasteiger partial charge in [-0.1, -0.05) is 11.2 Å². The molecular formula is C46H44F2N10O5. The molecule has 1 saturated carbocycles. The molecule has 0 bridgehead atoms. The number of rotatable bonds is 7. The molecule has 1 aliphatic carbocycles. The zero-order valence-corrected chi connectivity index (χ0v) is 35.4. The van der Waals surface area contributed by atoms with E-state index in [0.29, 0.717) is 77.6 Å². The molecule has 1 amide bonds. The van der Waals surface area contributed by atoms with Crippen LogP contribution in [0.5, 0.6) is 0 Å². The molecular weight excluding hydrogens is 811 g/mol. The van der Waals surface area contributed by atoms with Gasteiger partial charge in [0.25, 0.3) is 5.91 Å². The number of imidazole rings is 1. The fraction of sp³-hybridized carbons (Fsp3) is 0.348. The predicted molar refractivity (Wildman–Crippen MR) is 227 cm³/mol. The number of carbonyl (C=O) groups excluding carboxylic acids is 1. The summed E-state index contributed by atoms with van der Waals surface area (Å²) in [5.74, 6) is -0.922. The predicted octanol–water partition coefficient (Wildman–Crippen LogP) is 6.73. The number of benzene rings is 2. The Morgan fingerprint density at radius 2 is 1.79 bits per heavy atom. The number of aromatic nitrogens is 9. The number of nitrogens with zero attached hydrogens (tertiary/aromatic N) is 9. The van der Waals surface area contributed by atoms with Crippen molar-refractivity contribution in [2.24, 2.45) is 7.05 Å². The fourth-order valence-electron chi connectivity index (χ4n) is 10.1. The molecule has 17 heteroatoms. The Labute approximate surface area is 358 Å². The van der Waals surface area contributed by atoms with Gasteiger partial charge < -0.3 is 14.0 Å². The van der Waals surface area contributed by atoms with E-state index in [-0.39, 0.29) is 28.5 Å². The summed E-state index contributed by atoms with van der Waals surface area (Å²) in [5.41, 5.74) is 4.39. The molecule has 2 aliphatic heterocycles. The quantitative estimate of drug-likeness (QED) is 0.185. The van der Waals surface area contributed by atoms with E-state index in [4.69, 9.17) is 14.4 Å². The zero-order chi connectivity index (χ0) is 43.7. The maximum absolute atomic E-state index is 16.1. The van der Waals surface area contributed by atoms with E-state index in [1.54, 1.807) is 52.6 Å². The summed E-state index contributed by atoms with van der Waals surface area (Å²) >= 11 is 0. The Morgan fingerprint density at radius 3 is 2.54 bits per heavy atom. The van der Waals surface area contributed by atoms with Crippen LogP contribution in [0.2, 0.25) is 0 Å². The largest absolute Gasteiger partial charge is 0.438 e. The smallest absolute Gasteiger partial charge is 0.376 e. The van der Waals surface area contributed by atoms with E-state index in [2.05, 4.69) is 47.4 Å². The minimum atomic E-state index is -0.751. The van der Waals surface area contributed by atoms with Crippen molar-refractivity contribution >= 4 is 22.3 Å². The summed E-state index contributed by atoms with van der Waals surface area (Å²) in [6, 6.07) is 11.4. The first-order chi connectivity index (χ1) is 30.2.